The molecule has 5 rings (SSSR count). The number of hydrogen-bond acceptors (Lipinski definition) is 11. The summed E-state index contributed by atoms with van der Waals surface area (Å²) in [7, 11) is 6.90. The highest BCUT2D eigenvalue weighted by Crippen LogP contribution is 2.54. The van der Waals surface area contributed by atoms with Crippen molar-refractivity contribution < 1.29 is 34.8 Å². The first-order valence-corrected chi connectivity index (χ1v) is 15.0. The molecule has 1 aliphatic heterocycles. The van der Waals surface area contributed by atoms with E-state index in [-0.39, 0.29) is 46.8 Å². The van der Waals surface area contributed by atoms with E-state index in [4.69, 9.17) is 5.73 Å². The number of primary amides is 1. The maximum absolute atomic E-state index is 14.3. The maximum Gasteiger partial charge on any atom is 0.255 e. The number of phenolic OH excluding ortho intramolecular Hbond substituents is 1. The lowest BCUT2D eigenvalue weighted by Gasteiger charge is -2.50. The van der Waals surface area contributed by atoms with E-state index in [9.17, 15) is 34.8 Å². The molecule has 44 heavy (non-hydrogen) atoms. The van der Waals surface area contributed by atoms with Crippen LogP contribution in [0.15, 0.2) is 28.7 Å². The summed E-state index contributed by atoms with van der Waals surface area (Å²) in [6.45, 7) is 8.47. The number of allylic oxidation sites excluding steroid dienone is 1. The van der Waals surface area contributed by atoms with Gasteiger partial charge < -0.3 is 41.7 Å². The Morgan fingerprint density at radius 1 is 1.05 bits per heavy atom. The van der Waals surface area contributed by atoms with Crippen LogP contribution in [-0.2, 0) is 16.0 Å². The number of ketones is 2. The van der Waals surface area contributed by atoms with E-state index in [0.29, 0.717) is 16.9 Å². The van der Waals surface area contributed by atoms with Crippen molar-refractivity contribution in [2.75, 3.05) is 38.4 Å². The van der Waals surface area contributed by atoms with Crippen LogP contribution in [0.3, 0.4) is 0 Å². The minimum Gasteiger partial charge on any atom is -0.510 e. The van der Waals surface area contributed by atoms with Crippen LogP contribution in [0.2, 0.25) is 0 Å². The number of nitrogens with one attached hydrogen (secondary N) is 2. The molecule has 4 atom stereocenters. The quantitative estimate of drug-likeness (QED) is 0.190. The zero-order valence-electron chi connectivity index (χ0n) is 26.7. The van der Waals surface area contributed by atoms with Crippen molar-refractivity contribution in [3.8, 4) is 5.75 Å². The van der Waals surface area contributed by atoms with Gasteiger partial charge in [0.15, 0.2) is 11.4 Å². The van der Waals surface area contributed by atoms with Gasteiger partial charge in [-0.1, -0.05) is 0 Å². The van der Waals surface area contributed by atoms with Crippen molar-refractivity contribution in [1.29, 1.82) is 0 Å². The minimum atomic E-state index is -2.67. The summed E-state index contributed by atoms with van der Waals surface area (Å²) in [6.07, 6.45) is 1.79. The van der Waals surface area contributed by atoms with E-state index in [0.717, 1.165) is 12.8 Å². The van der Waals surface area contributed by atoms with Crippen molar-refractivity contribution in [1.82, 2.24) is 10.2 Å². The summed E-state index contributed by atoms with van der Waals surface area (Å²) in [5.74, 6) is -6.65. The van der Waals surface area contributed by atoms with Gasteiger partial charge >= 0.3 is 0 Å². The van der Waals surface area contributed by atoms with Gasteiger partial charge in [-0.2, -0.15) is 0 Å². The molecule has 1 amide bonds. The van der Waals surface area contributed by atoms with Crippen LogP contribution in [-0.4, -0.2) is 99.8 Å². The van der Waals surface area contributed by atoms with Gasteiger partial charge in [0.1, 0.15) is 22.8 Å². The Balaban J connectivity index is 1.65. The monoisotopic (exact) mass is 611 g/mol. The second kappa shape index (κ2) is 10.2. The number of benzene rings is 1. The number of carbonyl (C=O) groups is 3. The van der Waals surface area contributed by atoms with E-state index in [2.05, 4.69) is 38.3 Å². The second-order valence-corrected chi connectivity index (χ2v) is 14.6. The zero-order chi connectivity index (χ0) is 32.8. The average molecular weight is 612 g/mol. The first kappa shape index (κ1) is 31.8. The van der Waals surface area contributed by atoms with Crippen molar-refractivity contribution >= 4 is 28.8 Å². The summed E-state index contributed by atoms with van der Waals surface area (Å²) < 4.78 is 0. The first-order valence-electron chi connectivity index (χ1n) is 15.0. The largest absolute Gasteiger partial charge is 0.510 e. The van der Waals surface area contributed by atoms with Crippen LogP contribution in [0.25, 0.3) is 0 Å². The molecular weight excluding hydrogens is 566 g/mol. The van der Waals surface area contributed by atoms with Crippen LogP contribution >= 0.6 is 0 Å². The molecule has 1 fully saturated rings. The molecule has 0 bridgehead atoms. The Bertz CT molecular complexity index is 1510. The molecule has 0 spiro atoms. The molecule has 8 N–H and O–H groups in total. The Labute approximate surface area is 257 Å². The van der Waals surface area contributed by atoms with E-state index < -0.39 is 58.0 Å². The number of likely N-dealkylation sites (N-methyl/N-ethyl adjacent to an activating group) is 1. The van der Waals surface area contributed by atoms with E-state index in [1.807, 2.05) is 25.1 Å². The molecule has 12 heteroatoms. The third kappa shape index (κ3) is 4.74. The van der Waals surface area contributed by atoms with Gasteiger partial charge in [0.2, 0.25) is 5.78 Å². The number of carbonyl (C=O) groups excluding carboxylic acids is 3. The SMILES string of the molecule is CN(C)c1cc(NC2CC(C)(C)NC(C)(C)C2)c(O)c2c1C[C@@H]1C[C@@H]3[C@H](N(C)C)C(O)=C(C(N)=O)C(=O)[C@@]3(O)C(O)=C1C2=O. The van der Waals surface area contributed by atoms with E-state index in [1.54, 1.807) is 14.1 Å². The predicted octanol–water partition coefficient (Wildman–Crippen LogP) is 1.91. The Morgan fingerprint density at radius 2 is 1.64 bits per heavy atom. The topological polar surface area (TPSA) is 189 Å². The van der Waals surface area contributed by atoms with Gasteiger partial charge in [-0.15, -0.1) is 0 Å². The number of amides is 1. The Kier molecular flexibility index (Phi) is 7.38. The van der Waals surface area contributed by atoms with Crippen molar-refractivity contribution in [3.63, 3.8) is 0 Å². The van der Waals surface area contributed by atoms with Gasteiger partial charge in [-0.25, -0.2) is 0 Å². The van der Waals surface area contributed by atoms with E-state index >= 15 is 0 Å². The first-order chi connectivity index (χ1) is 20.2. The molecule has 0 saturated carbocycles. The molecule has 0 aromatic heterocycles. The summed E-state index contributed by atoms with van der Waals surface area (Å²) in [5, 5.41) is 53.2. The van der Waals surface area contributed by atoms with Gasteiger partial charge in [0.05, 0.1) is 17.3 Å². The number of piperidine rings is 1. The molecule has 0 unspecified atom stereocenters. The van der Waals surface area contributed by atoms with Crippen LogP contribution < -0.4 is 21.3 Å². The van der Waals surface area contributed by atoms with Crippen molar-refractivity contribution in [2.24, 2.45) is 17.6 Å². The molecule has 1 heterocycles. The van der Waals surface area contributed by atoms with Gasteiger partial charge in [-0.3, -0.25) is 19.3 Å². The van der Waals surface area contributed by atoms with Crippen molar-refractivity contribution in [3.05, 3.63) is 39.9 Å². The number of aliphatic hydroxyl groups excluding tert-OH is 2. The second-order valence-electron chi connectivity index (χ2n) is 14.6. The number of aliphatic hydroxyl groups is 3. The highest BCUT2D eigenvalue weighted by atomic mass is 16.3. The molecule has 1 aromatic rings. The number of aromatic hydroxyl groups is 1. The smallest absolute Gasteiger partial charge is 0.255 e. The highest BCUT2D eigenvalue weighted by molar-refractivity contribution is 6.25. The minimum absolute atomic E-state index is 0.00747. The van der Waals surface area contributed by atoms with Gasteiger partial charge in [0.25, 0.3) is 5.91 Å². The molecule has 3 aliphatic carbocycles. The number of phenols is 1. The third-order valence-corrected chi connectivity index (χ3v) is 9.73. The van der Waals surface area contributed by atoms with E-state index in [1.165, 1.54) is 4.90 Å². The summed E-state index contributed by atoms with van der Waals surface area (Å²) >= 11 is 0. The maximum atomic E-state index is 14.3. The Hall–Kier alpha value is -3.61. The number of anilines is 2. The molecule has 240 valence electrons. The predicted molar refractivity (Wildman–Crippen MR) is 166 cm³/mol. The third-order valence-electron chi connectivity index (χ3n) is 9.73. The summed E-state index contributed by atoms with van der Waals surface area (Å²) in [6, 6.07) is 0.773. The molecule has 1 aromatic carbocycles. The highest BCUT2D eigenvalue weighted by Gasteiger charge is 2.63. The molecule has 0 radical (unpaired) electrons. The lowest BCUT2D eigenvalue weighted by atomic mass is 9.58. The number of hydrogen-bond donors (Lipinski definition) is 7. The lowest BCUT2D eigenvalue weighted by molar-refractivity contribution is -0.148. The number of rotatable bonds is 5. The summed E-state index contributed by atoms with van der Waals surface area (Å²) in [5.41, 5.74) is 3.07. The van der Waals surface area contributed by atoms with Gasteiger partial charge in [-0.05, 0) is 85.0 Å². The van der Waals surface area contributed by atoms with Crippen LogP contribution in [0, 0.1) is 11.8 Å². The molecule has 4 aliphatic rings. The van der Waals surface area contributed by atoms with Gasteiger partial charge in [0, 0.05) is 48.4 Å². The fourth-order valence-corrected chi connectivity index (χ4v) is 8.45. The fourth-order valence-electron chi connectivity index (χ4n) is 8.45. The standard InChI is InChI=1S/C32H45N5O7/c1-30(2)12-15(13-31(3,4)35-30)34-18-11-19(36(5)6)16-9-14-10-17-23(37(7)8)26(40)22(29(33)43)28(42)32(17,44)27(41)20(14)25(39)21(16)24(18)38/h11,14-15,17,23,34-35,38,40-41,44H,9-10,12-13H2,1-8H3,(H2,33,43)/t14-,17-,23+,32+/m1/s1. The van der Waals surface area contributed by atoms with Crippen LogP contribution in [0.4, 0.5) is 11.4 Å². The molecular formula is C32H45N5O7. The fraction of sp³-hybridized carbons (Fsp3) is 0.594. The lowest BCUT2D eigenvalue weighted by Crippen LogP contribution is -2.63. The number of fused-ring (bicyclic) bond motifs is 3. The zero-order valence-corrected chi connectivity index (χ0v) is 26.7. The number of Topliss-reactive ketones (excluding diaryl/α,β-unsaturated/α-hetero) is 2. The average Bonchev–Trinajstić information content (AvgIpc) is 2.85. The number of nitrogens with zero attached hydrogens (tertiary/aromatic N) is 2. The van der Waals surface area contributed by atoms with Crippen molar-refractivity contribution in [2.45, 2.75) is 82.1 Å². The number of nitrogens with two attached hydrogens (primary N) is 1. The van der Waals surface area contributed by atoms with Crippen LogP contribution in [0.1, 0.15) is 62.9 Å². The summed E-state index contributed by atoms with van der Waals surface area (Å²) in [4.78, 5) is 43.5. The molecule has 12 nitrogen and oxygen atoms in total. The Morgan fingerprint density at radius 3 is 2.16 bits per heavy atom. The normalized spacial score (nSPS) is 29.7. The molecule has 1 saturated heterocycles. The van der Waals surface area contributed by atoms with Crippen LogP contribution in [0.5, 0.6) is 5.75 Å².